The number of hydrogen-bond donors (Lipinski definition) is 1. The molecular formula is C21H15FN4O3S. The number of halogens is 1. The number of benzene rings is 2. The van der Waals surface area contributed by atoms with E-state index >= 15 is 0 Å². The number of anilines is 1. The summed E-state index contributed by atoms with van der Waals surface area (Å²) in [6.07, 6.45) is 4.42. The number of aromatic nitrogens is 2. The molecule has 0 spiro atoms. The fraction of sp³-hybridized carbons (Fsp3) is 0.0952. The first-order chi connectivity index (χ1) is 14.5. The molecule has 1 N–H and O–H groups in total. The van der Waals surface area contributed by atoms with Crippen molar-refractivity contribution in [2.45, 2.75) is 6.42 Å². The molecule has 1 saturated heterocycles. The van der Waals surface area contributed by atoms with Crippen molar-refractivity contribution >= 4 is 51.6 Å². The highest BCUT2D eigenvalue weighted by Gasteiger charge is 2.35. The third-order valence-electron chi connectivity index (χ3n) is 4.38. The number of nitrogens with one attached hydrogen (secondary N) is 1. The molecule has 0 radical (unpaired) electrons. The molecule has 1 aliphatic heterocycles. The van der Waals surface area contributed by atoms with E-state index in [0.29, 0.717) is 16.7 Å². The fourth-order valence-electron chi connectivity index (χ4n) is 2.90. The van der Waals surface area contributed by atoms with E-state index in [1.54, 1.807) is 42.7 Å². The standard InChI is InChI=1S/C21H15FN4O3S/c22-15-4-2-1-3-13(15)11-18-20(28)26(21(29)30-18)10-7-19(27)25-14-5-6-16-17(12-14)24-9-8-23-16/h1-6,8-9,11-12H,7,10H2,(H,25,27)/b18-11-. The lowest BCUT2D eigenvalue weighted by atomic mass is 10.2. The van der Waals surface area contributed by atoms with Gasteiger partial charge in [0.15, 0.2) is 0 Å². The second kappa shape index (κ2) is 8.42. The van der Waals surface area contributed by atoms with Crippen LogP contribution in [-0.2, 0) is 9.59 Å². The predicted octanol–water partition coefficient (Wildman–Crippen LogP) is 3.83. The van der Waals surface area contributed by atoms with Gasteiger partial charge >= 0.3 is 0 Å². The second-order valence-corrected chi connectivity index (χ2v) is 7.41. The van der Waals surface area contributed by atoms with Crippen molar-refractivity contribution in [1.29, 1.82) is 0 Å². The van der Waals surface area contributed by atoms with Crippen molar-refractivity contribution in [3.63, 3.8) is 0 Å². The molecule has 1 fully saturated rings. The van der Waals surface area contributed by atoms with Gasteiger partial charge in [0.25, 0.3) is 11.1 Å². The highest BCUT2D eigenvalue weighted by Crippen LogP contribution is 2.32. The average Bonchev–Trinajstić information content (AvgIpc) is 3.00. The maximum Gasteiger partial charge on any atom is 0.293 e. The number of imide groups is 1. The molecule has 0 unspecified atom stereocenters. The molecule has 9 heteroatoms. The summed E-state index contributed by atoms with van der Waals surface area (Å²) in [5, 5.41) is 2.23. The zero-order valence-corrected chi connectivity index (χ0v) is 16.4. The number of fused-ring (bicyclic) bond motifs is 1. The van der Waals surface area contributed by atoms with Crippen molar-refractivity contribution in [3.05, 3.63) is 71.1 Å². The molecule has 0 atom stereocenters. The fourth-order valence-corrected chi connectivity index (χ4v) is 3.76. The normalized spacial score (nSPS) is 15.2. The minimum atomic E-state index is -0.540. The van der Waals surface area contributed by atoms with Gasteiger partial charge in [0.05, 0.1) is 15.9 Å². The summed E-state index contributed by atoms with van der Waals surface area (Å²) in [5.41, 5.74) is 2.11. The topological polar surface area (TPSA) is 92.3 Å². The van der Waals surface area contributed by atoms with Crippen molar-refractivity contribution in [2.75, 3.05) is 11.9 Å². The summed E-state index contributed by atoms with van der Waals surface area (Å²) in [7, 11) is 0. The molecule has 7 nitrogen and oxygen atoms in total. The Bertz CT molecular complexity index is 1200. The van der Waals surface area contributed by atoms with Gasteiger partial charge in [0.1, 0.15) is 5.82 Å². The van der Waals surface area contributed by atoms with E-state index in [4.69, 9.17) is 0 Å². The lowest BCUT2D eigenvalue weighted by Crippen LogP contribution is -2.31. The average molecular weight is 422 g/mol. The third-order valence-corrected chi connectivity index (χ3v) is 5.29. The van der Waals surface area contributed by atoms with Crippen LogP contribution in [0, 0.1) is 5.82 Å². The Morgan fingerprint density at radius 1 is 1.10 bits per heavy atom. The smallest absolute Gasteiger partial charge is 0.293 e. The summed E-state index contributed by atoms with van der Waals surface area (Å²) in [4.78, 5) is 46.4. The first kappa shape index (κ1) is 19.7. The molecule has 4 rings (SSSR count). The van der Waals surface area contributed by atoms with Gasteiger partial charge in [-0.1, -0.05) is 18.2 Å². The highest BCUT2D eigenvalue weighted by molar-refractivity contribution is 8.18. The SMILES string of the molecule is O=C(CCN1C(=O)S/C(=C\c2ccccc2F)C1=O)Nc1ccc2nccnc2c1. The molecule has 2 heterocycles. The van der Waals surface area contributed by atoms with E-state index in [1.807, 2.05) is 0 Å². The van der Waals surface area contributed by atoms with Crippen LogP contribution >= 0.6 is 11.8 Å². The van der Waals surface area contributed by atoms with E-state index in [1.165, 1.54) is 18.2 Å². The lowest BCUT2D eigenvalue weighted by Gasteiger charge is -2.12. The minimum Gasteiger partial charge on any atom is -0.326 e. The van der Waals surface area contributed by atoms with Gasteiger partial charge in [-0.25, -0.2) is 4.39 Å². The van der Waals surface area contributed by atoms with Gasteiger partial charge in [-0.05, 0) is 42.1 Å². The Morgan fingerprint density at radius 3 is 2.67 bits per heavy atom. The number of rotatable bonds is 5. The Kier molecular flexibility index (Phi) is 5.53. The predicted molar refractivity (Wildman–Crippen MR) is 112 cm³/mol. The number of thioether (sulfide) groups is 1. The van der Waals surface area contributed by atoms with Crippen LogP contribution in [0.4, 0.5) is 14.9 Å². The van der Waals surface area contributed by atoms with E-state index in [2.05, 4.69) is 15.3 Å². The second-order valence-electron chi connectivity index (χ2n) is 6.41. The van der Waals surface area contributed by atoms with Gasteiger partial charge in [-0.3, -0.25) is 29.3 Å². The van der Waals surface area contributed by atoms with Crippen LogP contribution in [0.25, 0.3) is 17.1 Å². The molecular weight excluding hydrogens is 407 g/mol. The maximum absolute atomic E-state index is 13.8. The monoisotopic (exact) mass is 422 g/mol. The first-order valence-corrected chi connectivity index (χ1v) is 9.83. The van der Waals surface area contributed by atoms with E-state index < -0.39 is 17.0 Å². The van der Waals surface area contributed by atoms with Gasteiger partial charge in [-0.15, -0.1) is 0 Å². The Hall–Kier alpha value is -3.59. The van der Waals surface area contributed by atoms with E-state index in [0.717, 1.165) is 16.7 Å². The molecule has 0 saturated carbocycles. The quantitative estimate of drug-likeness (QED) is 0.628. The molecule has 1 aliphatic rings. The van der Waals surface area contributed by atoms with Crippen molar-refractivity contribution in [3.8, 4) is 0 Å². The minimum absolute atomic E-state index is 0.0659. The van der Waals surface area contributed by atoms with Crippen molar-refractivity contribution in [2.24, 2.45) is 0 Å². The summed E-state index contributed by atoms with van der Waals surface area (Å²) < 4.78 is 13.8. The van der Waals surface area contributed by atoms with E-state index in [9.17, 15) is 18.8 Å². The number of hydrogen-bond acceptors (Lipinski definition) is 6. The van der Waals surface area contributed by atoms with Crippen LogP contribution in [0.3, 0.4) is 0 Å². The summed E-state index contributed by atoms with van der Waals surface area (Å²) in [5.74, 6) is -1.37. The number of amides is 3. The summed E-state index contributed by atoms with van der Waals surface area (Å²) in [6, 6.07) is 11.1. The van der Waals surface area contributed by atoms with Gasteiger partial charge in [-0.2, -0.15) is 0 Å². The summed E-state index contributed by atoms with van der Waals surface area (Å²) >= 11 is 0.727. The molecule has 3 amide bonds. The van der Waals surface area contributed by atoms with Crippen LogP contribution in [0.15, 0.2) is 59.8 Å². The largest absolute Gasteiger partial charge is 0.326 e. The lowest BCUT2D eigenvalue weighted by molar-refractivity contribution is -0.123. The molecule has 0 bridgehead atoms. The van der Waals surface area contributed by atoms with Crippen LogP contribution in [-0.4, -0.2) is 38.5 Å². The zero-order valence-electron chi connectivity index (χ0n) is 15.5. The Balaban J connectivity index is 1.39. The van der Waals surface area contributed by atoms with Crippen LogP contribution in [0.2, 0.25) is 0 Å². The number of carbonyl (C=O) groups is 3. The van der Waals surface area contributed by atoms with Crippen molar-refractivity contribution in [1.82, 2.24) is 14.9 Å². The number of nitrogens with zero attached hydrogens (tertiary/aromatic N) is 3. The van der Waals surface area contributed by atoms with Crippen molar-refractivity contribution < 1.29 is 18.8 Å². The van der Waals surface area contributed by atoms with E-state index in [-0.39, 0.29) is 29.3 Å². The van der Waals surface area contributed by atoms with Crippen LogP contribution < -0.4 is 5.32 Å². The molecule has 3 aromatic rings. The molecule has 30 heavy (non-hydrogen) atoms. The molecule has 150 valence electrons. The van der Waals surface area contributed by atoms with Crippen LogP contribution in [0.1, 0.15) is 12.0 Å². The molecule has 0 aliphatic carbocycles. The highest BCUT2D eigenvalue weighted by atomic mass is 32.2. The molecule has 2 aromatic carbocycles. The van der Waals surface area contributed by atoms with Gasteiger partial charge < -0.3 is 5.32 Å². The van der Waals surface area contributed by atoms with Crippen LogP contribution in [0.5, 0.6) is 0 Å². The number of carbonyl (C=O) groups excluding carboxylic acids is 3. The van der Waals surface area contributed by atoms with Gasteiger partial charge in [0, 0.05) is 36.6 Å². The zero-order chi connectivity index (χ0) is 21.1. The Morgan fingerprint density at radius 2 is 1.87 bits per heavy atom. The van der Waals surface area contributed by atoms with Gasteiger partial charge in [0.2, 0.25) is 5.91 Å². The third kappa shape index (κ3) is 4.20. The Labute approximate surface area is 175 Å². The maximum atomic E-state index is 13.8. The first-order valence-electron chi connectivity index (χ1n) is 9.02. The molecule has 1 aromatic heterocycles. The summed E-state index contributed by atoms with van der Waals surface area (Å²) in [6.45, 7) is -0.0709.